The minimum Gasteiger partial charge on any atom is -0.462 e. The number of nitrogens with zero attached hydrogens (tertiary/aromatic N) is 2. The van der Waals surface area contributed by atoms with Crippen LogP contribution in [-0.2, 0) is 17.6 Å². The van der Waals surface area contributed by atoms with E-state index in [0.29, 0.717) is 12.2 Å². The molecule has 4 nitrogen and oxygen atoms in total. The zero-order valence-corrected chi connectivity index (χ0v) is 11.8. The zero-order valence-electron chi connectivity index (χ0n) is 11.0. The number of esters is 1. The lowest BCUT2D eigenvalue weighted by Gasteiger charge is -2.05. The first-order valence-corrected chi connectivity index (χ1v) is 6.97. The van der Waals surface area contributed by atoms with Crippen LogP contribution in [0.25, 0.3) is 0 Å². The standard InChI is InChI=1S/C13H18N2O2S/c1-4-17-13(16)11-9-6-5-7-10(9)18-12(11)14-8-15(2)3/h8H,4-7H2,1-3H3/b14-8+. The van der Waals surface area contributed by atoms with Gasteiger partial charge in [-0.05, 0) is 31.7 Å². The van der Waals surface area contributed by atoms with Gasteiger partial charge in [0.05, 0.1) is 18.5 Å². The van der Waals surface area contributed by atoms with Crippen LogP contribution in [0.5, 0.6) is 0 Å². The third kappa shape index (κ3) is 2.56. The van der Waals surface area contributed by atoms with Gasteiger partial charge in [0, 0.05) is 19.0 Å². The molecule has 1 aliphatic carbocycles. The number of thiophene rings is 1. The largest absolute Gasteiger partial charge is 0.462 e. The molecule has 0 amide bonds. The van der Waals surface area contributed by atoms with Crippen molar-refractivity contribution in [1.29, 1.82) is 0 Å². The molecule has 0 spiro atoms. The number of hydrogen-bond acceptors (Lipinski definition) is 4. The molecule has 18 heavy (non-hydrogen) atoms. The Balaban J connectivity index is 2.37. The molecule has 98 valence electrons. The number of hydrogen-bond donors (Lipinski definition) is 0. The van der Waals surface area contributed by atoms with Crippen molar-refractivity contribution in [2.75, 3.05) is 20.7 Å². The van der Waals surface area contributed by atoms with Crippen LogP contribution in [0.3, 0.4) is 0 Å². The number of carbonyl (C=O) groups excluding carboxylic acids is 1. The number of aliphatic imine (C=N–C) groups is 1. The average Bonchev–Trinajstić information content (AvgIpc) is 2.85. The summed E-state index contributed by atoms with van der Waals surface area (Å²) in [5.74, 6) is -0.234. The number of fused-ring (bicyclic) bond motifs is 1. The quantitative estimate of drug-likeness (QED) is 0.478. The monoisotopic (exact) mass is 266 g/mol. The summed E-state index contributed by atoms with van der Waals surface area (Å²) in [6.45, 7) is 2.23. The fourth-order valence-corrected chi connectivity index (χ4v) is 3.28. The number of rotatable bonds is 4. The highest BCUT2D eigenvalue weighted by atomic mass is 32.1. The molecule has 1 aliphatic rings. The van der Waals surface area contributed by atoms with Crippen molar-refractivity contribution in [1.82, 2.24) is 4.90 Å². The van der Waals surface area contributed by atoms with Crippen LogP contribution in [0.15, 0.2) is 4.99 Å². The molecule has 0 saturated heterocycles. The van der Waals surface area contributed by atoms with Gasteiger partial charge in [-0.2, -0.15) is 0 Å². The Kier molecular flexibility index (Phi) is 4.01. The molecule has 0 N–H and O–H groups in total. The SMILES string of the molecule is CCOC(=O)c1c(/N=C/N(C)C)sc2c1CCC2. The summed E-state index contributed by atoms with van der Waals surface area (Å²) in [6, 6.07) is 0. The highest BCUT2D eigenvalue weighted by Gasteiger charge is 2.27. The molecule has 1 aromatic heterocycles. The van der Waals surface area contributed by atoms with Crippen LogP contribution in [0, 0.1) is 0 Å². The molecule has 0 atom stereocenters. The molecule has 5 heteroatoms. The van der Waals surface area contributed by atoms with Crippen LogP contribution in [0.2, 0.25) is 0 Å². The van der Waals surface area contributed by atoms with Gasteiger partial charge in [0.1, 0.15) is 5.00 Å². The van der Waals surface area contributed by atoms with E-state index in [-0.39, 0.29) is 5.97 Å². The summed E-state index contributed by atoms with van der Waals surface area (Å²) in [5.41, 5.74) is 1.84. The first-order valence-electron chi connectivity index (χ1n) is 6.15. The van der Waals surface area contributed by atoms with Gasteiger partial charge in [-0.25, -0.2) is 9.79 Å². The molecule has 0 aliphatic heterocycles. The van der Waals surface area contributed by atoms with Crippen molar-refractivity contribution >= 4 is 28.6 Å². The smallest absolute Gasteiger partial charge is 0.341 e. The summed E-state index contributed by atoms with van der Waals surface area (Å²) >= 11 is 1.62. The first kappa shape index (κ1) is 13.1. The Labute approximate surface area is 111 Å². The maximum Gasteiger partial charge on any atom is 0.341 e. The third-order valence-electron chi connectivity index (χ3n) is 2.79. The molecule has 0 unspecified atom stereocenters. The lowest BCUT2D eigenvalue weighted by molar-refractivity contribution is 0.0527. The van der Waals surface area contributed by atoms with E-state index in [9.17, 15) is 4.79 Å². The van der Waals surface area contributed by atoms with Crippen LogP contribution in [0.4, 0.5) is 5.00 Å². The molecule has 0 radical (unpaired) electrons. The molecular formula is C13H18N2O2S. The minimum absolute atomic E-state index is 0.234. The number of carbonyl (C=O) groups is 1. The second-order valence-electron chi connectivity index (χ2n) is 4.47. The second-order valence-corrected chi connectivity index (χ2v) is 5.55. The van der Waals surface area contributed by atoms with E-state index >= 15 is 0 Å². The Morgan fingerprint density at radius 1 is 1.50 bits per heavy atom. The van der Waals surface area contributed by atoms with Gasteiger partial charge < -0.3 is 9.64 Å². The van der Waals surface area contributed by atoms with Crippen molar-refractivity contribution < 1.29 is 9.53 Å². The molecule has 0 bridgehead atoms. The highest BCUT2D eigenvalue weighted by Crippen LogP contribution is 2.40. The predicted octanol–water partition coefficient (Wildman–Crippen LogP) is 2.63. The van der Waals surface area contributed by atoms with Crippen molar-refractivity contribution in [3.8, 4) is 0 Å². The molecule has 2 rings (SSSR count). The molecular weight excluding hydrogens is 248 g/mol. The van der Waals surface area contributed by atoms with Crippen molar-refractivity contribution in [2.24, 2.45) is 4.99 Å². The van der Waals surface area contributed by atoms with Gasteiger partial charge in [0.2, 0.25) is 0 Å². The molecule has 0 fully saturated rings. The van der Waals surface area contributed by atoms with Crippen molar-refractivity contribution in [3.05, 3.63) is 16.0 Å². The fourth-order valence-electron chi connectivity index (χ4n) is 2.06. The van der Waals surface area contributed by atoms with Gasteiger partial charge in [0.25, 0.3) is 0 Å². The summed E-state index contributed by atoms with van der Waals surface area (Å²) in [7, 11) is 3.82. The van der Waals surface area contributed by atoms with Gasteiger partial charge >= 0.3 is 5.97 Å². The average molecular weight is 266 g/mol. The maximum atomic E-state index is 12.0. The van der Waals surface area contributed by atoms with Crippen molar-refractivity contribution in [2.45, 2.75) is 26.2 Å². The highest BCUT2D eigenvalue weighted by molar-refractivity contribution is 7.16. The zero-order chi connectivity index (χ0) is 13.1. The molecule has 1 aromatic rings. The Morgan fingerprint density at radius 2 is 2.28 bits per heavy atom. The topological polar surface area (TPSA) is 41.9 Å². The Hall–Kier alpha value is -1.36. The molecule has 0 saturated carbocycles. The van der Waals surface area contributed by atoms with Crippen LogP contribution >= 0.6 is 11.3 Å². The Morgan fingerprint density at radius 3 is 2.94 bits per heavy atom. The summed E-state index contributed by atoms with van der Waals surface area (Å²) in [5, 5.41) is 0.784. The van der Waals surface area contributed by atoms with Crippen LogP contribution < -0.4 is 0 Å². The molecule has 0 aromatic carbocycles. The van der Waals surface area contributed by atoms with Crippen LogP contribution in [0.1, 0.15) is 34.1 Å². The molecule has 1 heterocycles. The summed E-state index contributed by atoms with van der Waals surface area (Å²) in [6.07, 6.45) is 4.89. The second kappa shape index (κ2) is 5.52. The predicted molar refractivity (Wildman–Crippen MR) is 74.1 cm³/mol. The first-order chi connectivity index (χ1) is 8.63. The lowest BCUT2D eigenvalue weighted by Crippen LogP contribution is -2.08. The van der Waals surface area contributed by atoms with E-state index in [2.05, 4.69) is 4.99 Å². The van der Waals surface area contributed by atoms with Crippen LogP contribution in [-0.4, -0.2) is 37.9 Å². The van der Waals surface area contributed by atoms with E-state index in [1.54, 1.807) is 17.7 Å². The lowest BCUT2D eigenvalue weighted by atomic mass is 10.1. The van der Waals surface area contributed by atoms with Gasteiger partial charge in [-0.1, -0.05) is 0 Å². The van der Waals surface area contributed by atoms with Gasteiger partial charge in [-0.15, -0.1) is 11.3 Å². The van der Waals surface area contributed by atoms with E-state index < -0.39 is 0 Å². The number of aryl methyl sites for hydroxylation is 1. The van der Waals surface area contributed by atoms with Gasteiger partial charge in [-0.3, -0.25) is 0 Å². The Bertz CT molecular complexity index is 478. The maximum absolute atomic E-state index is 12.0. The third-order valence-corrected chi connectivity index (χ3v) is 3.99. The summed E-state index contributed by atoms with van der Waals surface area (Å²) in [4.78, 5) is 19.6. The van der Waals surface area contributed by atoms with E-state index in [1.165, 1.54) is 4.88 Å². The number of ether oxygens (including phenoxy) is 1. The fraction of sp³-hybridized carbons (Fsp3) is 0.538. The summed E-state index contributed by atoms with van der Waals surface area (Å²) < 4.78 is 5.14. The van der Waals surface area contributed by atoms with E-state index in [4.69, 9.17) is 4.74 Å². The van der Waals surface area contributed by atoms with Gasteiger partial charge in [0.15, 0.2) is 0 Å². The minimum atomic E-state index is -0.234. The van der Waals surface area contributed by atoms with Crippen molar-refractivity contribution in [3.63, 3.8) is 0 Å². The van der Waals surface area contributed by atoms with E-state index in [1.807, 2.05) is 25.9 Å². The van der Waals surface area contributed by atoms with E-state index in [0.717, 1.165) is 29.8 Å². The normalized spacial score (nSPS) is 13.9.